The number of aromatic amines is 1. The van der Waals surface area contributed by atoms with Crippen molar-refractivity contribution >= 4 is 49.8 Å². The van der Waals surface area contributed by atoms with Gasteiger partial charge in [0.05, 0.1) is 6.04 Å². The zero-order valence-electron chi connectivity index (χ0n) is 25.2. The molecular weight excluding hydrogens is 562 g/mol. The fourth-order valence-electron chi connectivity index (χ4n) is 6.87. The highest BCUT2D eigenvalue weighted by Crippen LogP contribution is 2.31. The fourth-order valence-corrected chi connectivity index (χ4v) is 9.15. The predicted octanol–water partition coefficient (Wildman–Crippen LogP) is 4.35. The molecule has 2 saturated heterocycles. The van der Waals surface area contributed by atoms with Crippen molar-refractivity contribution < 1.29 is 19.2 Å². The number of carbonyl (C=O) groups excluding carboxylic acids is 4. The fraction of sp³-hybridized carbons (Fsp3) is 0.576. The minimum Gasteiger partial charge on any atom is -0.351 e. The largest absolute Gasteiger partial charge is 0.351 e. The smallest absolute Gasteiger partial charge is 0.268 e. The highest BCUT2D eigenvalue weighted by atomic mass is 32.2. The van der Waals surface area contributed by atoms with E-state index in [0.717, 1.165) is 60.9 Å². The first-order valence-electron chi connectivity index (χ1n) is 15.6. The Hall–Kier alpha value is -3.45. The number of amides is 3. The van der Waals surface area contributed by atoms with Gasteiger partial charge in [-0.05, 0) is 75.5 Å². The third-order valence-electron chi connectivity index (χ3n) is 9.08. The summed E-state index contributed by atoms with van der Waals surface area (Å²) < 4.78 is 0. The summed E-state index contributed by atoms with van der Waals surface area (Å²) in [7, 11) is -0.436. The van der Waals surface area contributed by atoms with Crippen LogP contribution >= 0.6 is 10.5 Å². The SMILES string of the molecule is CC1(C)CC(CC(NC(=O)[C@H](CC2CCCCC2)NC(=O)c2cc3ccccc3[nH]2)C(=O)C(C#N)=S2CCCC2)C(=O)N1. The molecule has 3 atom stereocenters. The van der Waals surface area contributed by atoms with E-state index in [1.54, 1.807) is 6.07 Å². The number of Topliss-reactive ketones (excluding diaryl/α,β-unsaturated/α-hetero) is 1. The summed E-state index contributed by atoms with van der Waals surface area (Å²) >= 11 is 0. The van der Waals surface area contributed by atoms with Gasteiger partial charge >= 0.3 is 0 Å². The molecule has 10 heteroatoms. The summed E-state index contributed by atoms with van der Waals surface area (Å²) in [4.78, 5) is 57.5. The van der Waals surface area contributed by atoms with Gasteiger partial charge in [-0.3, -0.25) is 19.2 Å². The molecule has 3 heterocycles. The van der Waals surface area contributed by atoms with Crippen molar-refractivity contribution in [2.75, 3.05) is 11.5 Å². The molecule has 3 amide bonds. The number of nitriles is 1. The lowest BCUT2D eigenvalue weighted by Gasteiger charge is -2.28. The quantitative estimate of drug-likeness (QED) is 0.298. The van der Waals surface area contributed by atoms with Crippen molar-refractivity contribution in [2.24, 2.45) is 11.8 Å². The Morgan fingerprint density at radius 3 is 2.40 bits per heavy atom. The summed E-state index contributed by atoms with van der Waals surface area (Å²) in [6.45, 7) is 3.87. The molecule has 230 valence electrons. The molecule has 2 unspecified atom stereocenters. The van der Waals surface area contributed by atoms with Crippen LogP contribution in [0.4, 0.5) is 0 Å². The Balaban J connectivity index is 1.39. The number of hydrogen-bond acceptors (Lipinski definition) is 5. The molecule has 0 radical (unpaired) electrons. The van der Waals surface area contributed by atoms with Crippen molar-refractivity contribution in [1.82, 2.24) is 20.9 Å². The zero-order chi connectivity index (χ0) is 30.6. The van der Waals surface area contributed by atoms with E-state index >= 15 is 0 Å². The Bertz CT molecular complexity index is 1420. The van der Waals surface area contributed by atoms with E-state index in [0.29, 0.717) is 18.5 Å². The summed E-state index contributed by atoms with van der Waals surface area (Å²) in [5.74, 6) is 0.0513. The number of fused-ring (bicyclic) bond motifs is 1. The second kappa shape index (κ2) is 13.5. The van der Waals surface area contributed by atoms with Crippen LogP contribution < -0.4 is 16.0 Å². The van der Waals surface area contributed by atoms with Gasteiger partial charge < -0.3 is 20.9 Å². The lowest BCUT2D eigenvalue weighted by Crippen LogP contribution is -2.53. The van der Waals surface area contributed by atoms with Crippen LogP contribution in [-0.4, -0.2) is 62.5 Å². The van der Waals surface area contributed by atoms with Crippen LogP contribution in [0.3, 0.4) is 0 Å². The average molecular weight is 606 g/mol. The summed E-state index contributed by atoms with van der Waals surface area (Å²) in [6.07, 6.45) is 8.38. The molecule has 2 aliphatic heterocycles. The molecule has 0 spiro atoms. The van der Waals surface area contributed by atoms with Gasteiger partial charge in [0.2, 0.25) is 17.6 Å². The molecule has 1 saturated carbocycles. The van der Waals surface area contributed by atoms with E-state index in [4.69, 9.17) is 0 Å². The predicted molar refractivity (Wildman–Crippen MR) is 170 cm³/mol. The average Bonchev–Trinajstić information content (AvgIpc) is 3.72. The number of benzene rings is 1. The summed E-state index contributed by atoms with van der Waals surface area (Å²) in [5, 5.41) is 19.8. The Labute approximate surface area is 255 Å². The maximum Gasteiger partial charge on any atom is 0.268 e. The topological polar surface area (TPSA) is 144 Å². The van der Waals surface area contributed by atoms with Gasteiger partial charge in [-0.1, -0.05) is 50.3 Å². The third kappa shape index (κ3) is 7.56. The lowest BCUT2D eigenvalue weighted by atomic mass is 9.84. The number of rotatable bonds is 10. The normalized spacial score (nSPS) is 22.0. The Morgan fingerprint density at radius 1 is 1.02 bits per heavy atom. The highest BCUT2D eigenvalue weighted by Gasteiger charge is 2.41. The molecule has 1 aliphatic carbocycles. The van der Waals surface area contributed by atoms with Gasteiger partial charge in [0.1, 0.15) is 22.7 Å². The van der Waals surface area contributed by atoms with Crippen molar-refractivity contribution in [2.45, 2.75) is 95.7 Å². The van der Waals surface area contributed by atoms with E-state index in [1.165, 1.54) is 6.42 Å². The number of carbonyl (C=O) groups is 4. The molecule has 1 aromatic carbocycles. The summed E-state index contributed by atoms with van der Waals surface area (Å²) in [5.41, 5.74) is 0.783. The van der Waals surface area contributed by atoms with E-state index < -0.39 is 45.7 Å². The van der Waals surface area contributed by atoms with Crippen molar-refractivity contribution in [1.29, 1.82) is 5.26 Å². The van der Waals surface area contributed by atoms with E-state index in [9.17, 15) is 24.4 Å². The van der Waals surface area contributed by atoms with Crippen LogP contribution in [0.25, 0.3) is 10.9 Å². The van der Waals surface area contributed by atoms with E-state index in [-0.39, 0.29) is 29.0 Å². The third-order valence-corrected chi connectivity index (χ3v) is 11.5. The molecule has 5 rings (SSSR count). The second-order valence-electron chi connectivity index (χ2n) is 13.0. The first-order chi connectivity index (χ1) is 20.6. The minimum atomic E-state index is -1.02. The zero-order valence-corrected chi connectivity index (χ0v) is 26.0. The minimum absolute atomic E-state index is 0.119. The lowest BCUT2D eigenvalue weighted by molar-refractivity contribution is -0.128. The van der Waals surface area contributed by atoms with Crippen LogP contribution in [0, 0.1) is 23.2 Å². The number of aromatic nitrogens is 1. The van der Waals surface area contributed by atoms with E-state index in [2.05, 4.69) is 27.0 Å². The van der Waals surface area contributed by atoms with Crippen LogP contribution in [0.15, 0.2) is 30.3 Å². The van der Waals surface area contributed by atoms with Gasteiger partial charge in [0, 0.05) is 22.4 Å². The van der Waals surface area contributed by atoms with Gasteiger partial charge in [-0.2, -0.15) is 15.7 Å². The Morgan fingerprint density at radius 2 is 1.74 bits per heavy atom. The highest BCUT2D eigenvalue weighted by molar-refractivity contribution is 8.17. The van der Waals surface area contributed by atoms with Crippen LogP contribution in [-0.2, 0) is 14.4 Å². The number of nitrogens with zero attached hydrogens (tertiary/aromatic N) is 1. The number of nitrogens with one attached hydrogen (secondary N) is 4. The molecule has 43 heavy (non-hydrogen) atoms. The van der Waals surface area contributed by atoms with Crippen LogP contribution in [0.1, 0.15) is 88.5 Å². The number of para-hydroxylation sites is 1. The number of hydrogen-bond donors (Lipinski definition) is 4. The maximum absolute atomic E-state index is 14.0. The van der Waals surface area contributed by atoms with Gasteiger partial charge in [0.25, 0.3) is 5.91 Å². The van der Waals surface area contributed by atoms with Crippen molar-refractivity contribution in [3.63, 3.8) is 0 Å². The molecule has 3 fully saturated rings. The molecular formula is C33H43N5O4S. The first-order valence-corrected chi connectivity index (χ1v) is 17.2. The van der Waals surface area contributed by atoms with E-state index in [1.807, 2.05) is 38.1 Å². The van der Waals surface area contributed by atoms with Crippen LogP contribution in [0.2, 0.25) is 0 Å². The molecule has 0 bridgehead atoms. The van der Waals surface area contributed by atoms with Gasteiger partial charge in [-0.25, -0.2) is 0 Å². The van der Waals surface area contributed by atoms with Crippen molar-refractivity contribution in [3.05, 3.63) is 36.0 Å². The maximum atomic E-state index is 14.0. The monoisotopic (exact) mass is 605 g/mol. The number of ketones is 1. The van der Waals surface area contributed by atoms with Crippen LogP contribution in [0.5, 0.6) is 0 Å². The molecule has 2 aromatic rings. The Kier molecular flexibility index (Phi) is 9.70. The molecule has 3 aliphatic rings. The van der Waals surface area contributed by atoms with Gasteiger partial charge in [0.15, 0.2) is 0 Å². The summed E-state index contributed by atoms with van der Waals surface area (Å²) in [6, 6.07) is 9.66. The molecule has 9 nitrogen and oxygen atoms in total. The number of H-pyrrole nitrogens is 1. The van der Waals surface area contributed by atoms with Crippen molar-refractivity contribution in [3.8, 4) is 6.07 Å². The molecule has 4 N–H and O–H groups in total. The first kappa shape index (κ1) is 31.0. The standard InChI is InChI=1S/C33H43N5O4S/c1-33(2)19-23(30(40)38-33)18-25(29(39)28(20-34)43-14-8-9-15-43)36-31(41)26(16-21-10-4-3-5-11-21)37-32(42)27-17-22-12-6-7-13-24(22)35-27/h6-7,12-13,17,21,23,25-26,35H,3-5,8-11,14-16,18-19H2,1-2H3,(H,36,41)(H,37,42)(H,38,40)/t23?,25?,26-/m0/s1. The second-order valence-corrected chi connectivity index (χ2v) is 15.2. The van der Waals surface area contributed by atoms with Gasteiger partial charge in [-0.15, -0.1) is 0 Å². The molecule has 1 aromatic heterocycles.